The van der Waals surface area contributed by atoms with E-state index in [0.29, 0.717) is 16.8 Å². The van der Waals surface area contributed by atoms with Gasteiger partial charge >= 0.3 is 0 Å². The monoisotopic (exact) mass is 403 g/mol. The lowest BCUT2D eigenvalue weighted by molar-refractivity contribution is 0.0956. The van der Waals surface area contributed by atoms with Gasteiger partial charge in [0.1, 0.15) is 11.5 Å². The molecule has 0 aliphatic heterocycles. The average Bonchev–Trinajstić information content (AvgIpc) is 3.26. The number of phenolic OH excluding ortho intramolecular Hbond substituents is 2. The molecule has 3 N–H and O–H groups in total. The molecule has 0 saturated carbocycles. The molecule has 2 heterocycles. The molecule has 0 saturated heterocycles. The van der Waals surface area contributed by atoms with Crippen LogP contribution < -0.4 is 5.43 Å². The normalized spacial score (nSPS) is 11.6. The van der Waals surface area contributed by atoms with Crippen LogP contribution in [0.4, 0.5) is 0 Å². The van der Waals surface area contributed by atoms with Gasteiger partial charge in [0.15, 0.2) is 0 Å². The summed E-state index contributed by atoms with van der Waals surface area (Å²) in [5.41, 5.74) is 5.29. The van der Waals surface area contributed by atoms with Crippen molar-refractivity contribution >= 4 is 33.9 Å². The summed E-state index contributed by atoms with van der Waals surface area (Å²) in [5, 5.41) is 26.2. The minimum Gasteiger partial charge on any atom is -0.508 e. The smallest absolute Gasteiger partial charge is 0.272 e. The SMILES string of the molecule is C/C(=N\NC(=O)c1cc(-c2cccs2)nc2ccccc12)c1ccc(O)cc1O. The van der Waals surface area contributed by atoms with Crippen molar-refractivity contribution in [1.82, 2.24) is 10.4 Å². The Morgan fingerprint density at radius 2 is 1.86 bits per heavy atom. The Kier molecular flexibility index (Phi) is 4.97. The summed E-state index contributed by atoms with van der Waals surface area (Å²) in [5.74, 6) is -0.540. The number of carbonyl (C=O) groups excluding carboxylic acids is 1. The highest BCUT2D eigenvalue weighted by Gasteiger charge is 2.14. The summed E-state index contributed by atoms with van der Waals surface area (Å²) in [7, 11) is 0. The van der Waals surface area contributed by atoms with Crippen LogP contribution in [-0.2, 0) is 0 Å². The Morgan fingerprint density at radius 1 is 1.03 bits per heavy atom. The summed E-state index contributed by atoms with van der Waals surface area (Å²) in [4.78, 5) is 18.5. The second kappa shape index (κ2) is 7.73. The maximum atomic E-state index is 12.9. The Hall–Kier alpha value is -3.71. The fourth-order valence-corrected chi connectivity index (χ4v) is 3.68. The number of para-hydroxylation sites is 1. The standard InChI is InChI=1S/C22H17N3O3S/c1-13(15-9-8-14(26)11-20(15)27)24-25-22(28)17-12-19(21-7-4-10-29-21)23-18-6-3-2-5-16(17)18/h2-12,26-27H,1H3,(H,25,28)/b24-13+. The van der Waals surface area contributed by atoms with Crippen molar-refractivity contribution in [2.24, 2.45) is 5.10 Å². The van der Waals surface area contributed by atoms with Crippen LogP contribution in [0.1, 0.15) is 22.8 Å². The summed E-state index contributed by atoms with van der Waals surface area (Å²) < 4.78 is 0. The summed E-state index contributed by atoms with van der Waals surface area (Å²) in [6, 6.07) is 17.3. The van der Waals surface area contributed by atoms with E-state index in [-0.39, 0.29) is 17.4 Å². The molecule has 0 spiro atoms. The first-order valence-electron chi connectivity index (χ1n) is 8.83. The molecule has 29 heavy (non-hydrogen) atoms. The number of pyridine rings is 1. The molecule has 0 atom stereocenters. The van der Waals surface area contributed by atoms with Gasteiger partial charge in [0.25, 0.3) is 5.91 Å². The number of nitrogens with zero attached hydrogens (tertiary/aromatic N) is 2. The summed E-state index contributed by atoms with van der Waals surface area (Å²) in [6.45, 7) is 1.66. The van der Waals surface area contributed by atoms with Gasteiger partial charge in [-0.2, -0.15) is 5.10 Å². The third-order valence-electron chi connectivity index (χ3n) is 4.43. The Labute approximate surface area is 170 Å². The molecule has 0 bridgehead atoms. The number of nitrogens with one attached hydrogen (secondary N) is 1. The Bertz CT molecular complexity index is 1230. The molecule has 0 aliphatic rings. The molecule has 0 fully saturated rings. The van der Waals surface area contributed by atoms with Crippen LogP contribution in [0.15, 0.2) is 71.1 Å². The maximum Gasteiger partial charge on any atom is 0.272 e. The first-order chi connectivity index (χ1) is 14.0. The number of rotatable bonds is 4. The maximum absolute atomic E-state index is 12.9. The van der Waals surface area contributed by atoms with Gasteiger partial charge < -0.3 is 10.2 Å². The lowest BCUT2D eigenvalue weighted by Crippen LogP contribution is -2.20. The van der Waals surface area contributed by atoms with Crippen LogP contribution in [0.3, 0.4) is 0 Å². The highest BCUT2D eigenvalue weighted by Crippen LogP contribution is 2.28. The third kappa shape index (κ3) is 3.81. The number of amides is 1. The summed E-state index contributed by atoms with van der Waals surface area (Å²) in [6.07, 6.45) is 0. The third-order valence-corrected chi connectivity index (χ3v) is 5.32. The van der Waals surface area contributed by atoms with Crippen LogP contribution in [0.5, 0.6) is 11.5 Å². The number of benzene rings is 2. The first kappa shape index (κ1) is 18.6. The van der Waals surface area contributed by atoms with Crippen LogP contribution in [0.25, 0.3) is 21.5 Å². The number of carbonyl (C=O) groups is 1. The predicted molar refractivity (Wildman–Crippen MR) is 115 cm³/mol. The topological polar surface area (TPSA) is 94.8 Å². The molecule has 6 nitrogen and oxygen atoms in total. The minimum atomic E-state index is -0.376. The average molecular weight is 403 g/mol. The van der Waals surface area contributed by atoms with E-state index in [1.165, 1.54) is 18.2 Å². The second-order valence-corrected chi connectivity index (χ2v) is 7.34. The van der Waals surface area contributed by atoms with E-state index >= 15 is 0 Å². The van der Waals surface area contributed by atoms with Crippen LogP contribution in [0.2, 0.25) is 0 Å². The molecular weight excluding hydrogens is 386 g/mol. The lowest BCUT2D eigenvalue weighted by Gasteiger charge is -2.09. The molecule has 7 heteroatoms. The zero-order valence-corrected chi connectivity index (χ0v) is 16.3. The Balaban J connectivity index is 1.69. The number of thiophene rings is 1. The van der Waals surface area contributed by atoms with Crippen LogP contribution in [0, 0.1) is 0 Å². The quantitative estimate of drug-likeness (QED) is 0.345. The first-order valence-corrected chi connectivity index (χ1v) is 9.71. The number of aromatic nitrogens is 1. The lowest BCUT2D eigenvalue weighted by atomic mass is 10.1. The minimum absolute atomic E-state index is 0.0487. The van der Waals surface area contributed by atoms with Crippen LogP contribution in [-0.4, -0.2) is 26.8 Å². The molecule has 0 aliphatic carbocycles. The van der Waals surface area contributed by atoms with Gasteiger partial charge in [0, 0.05) is 17.0 Å². The number of phenols is 2. The van der Waals surface area contributed by atoms with Gasteiger partial charge in [-0.3, -0.25) is 4.79 Å². The number of hydrazone groups is 1. The van der Waals surface area contributed by atoms with E-state index in [9.17, 15) is 15.0 Å². The fourth-order valence-electron chi connectivity index (χ4n) is 2.99. The van der Waals surface area contributed by atoms with Gasteiger partial charge in [0.2, 0.25) is 0 Å². The van der Waals surface area contributed by atoms with E-state index in [1.54, 1.807) is 24.3 Å². The number of hydrogen-bond acceptors (Lipinski definition) is 6. The van der Waals surface area contributed by atoms with Crippen molar-refractivity contribution in [1.29, 1.82) is 0 Å². The van der Waals surface area contributed by atoms with E-state index in [1.807, 2.05) is 41.8 Å². The molecule has 144 valence electrons. The van der Waals surface area contributed by atoms with E-state index in [0.717, 1.165) is 21.5 Å². The predicted octanol–water partition coefficient (Wildman–Crippen LogP) is 4.53. The van der Waals surface area contributed by atoms with E-state index < -0.39 is 0 Å². The fraction of sp³-hybridized carbons (Fsp3) is 0.0455. The molecule has 0 radical (unpaired) electrons. The zero-order valence-electron chi connectivity index (χ0n) is 15.5. The molecule has 4 rings (SSSR count). The molecular formula is C22H17N3O3S. The van der Waals surface area contributed by atoms with Gasteiger partial charge in [-0.05, 0) is 42.6 Å². The van der Waals surface area contributed by atoms with Crippen molar-refractivity contribution < 1.29 is 15.0 Å². The number of fused-ring (bicyclic) bond motifs is 1. The number of aromatic hydroxyl groups is 2. The molecule has 4 aromatic rings. The van der Waals surface area contributed by atoms with Gasteiger partial charge in [-0.15, -0.1) is 11.3 Å². The van der Waals surface area contributed by atoms with Gasteiger partial charge in [-0.25, -0.2) is 10.4 Å². The van der Waals surface area contributed by atoms with Crippen molar-refractivity contribution in [3.63, 3.8) is 0 Å². The molecule has 2 aromatic carbocycles. The van der Waals surface area contributed by atoms with Crippen LogP contribution >= 0.6 is 11.3 Å². The second-order valence-electron chi connectivity index (χ2n) is 6.39. The number of hydrogen-bond donors (Lipinski definition) is 3. The zero-order chi connectivity index (χ0) is 20.4. The van der Waals surface area contributed by atoms with Gasteiger partial charge in [0.05, 0.1) is 27.4 Å². The van der Waals surface area contributed by atoms with Crippen molar-refractivity contribution in [2.75, 3.05) is 0 Å². The molecule has 0 unspecified atom stereocenters. The Morgan fingerprint density at radius 3 is 2.62 bits per heavy atom. The van der Waals surface area contributed by atoms with E-state index in [4.69, 9.17) is 0 Å². The molecule has 1 amide bonds. The largest absolute Gasteiger partial charge is 0.508 e. The highest BCUT2D eigenvalue weighted by molar-refractivity contribution is 7.13. The van der Waals surface area contributed by atoms with Crippen molar-refractivity contribution in [2.45, 2.75) is 6.92 Å². The van der Waals surface area contributed by atoms with Gasteiger partial charge in [-0.1, -0.05) is 24.3 Å². The van der Waals surface area contributed by atoms with Crippen molar-refractivity contribution in [3.8, 4) is 22.1 Å². The summed E-state index contributed by atoms with van der Waals surface area (Å²) >= 11 is 1.55. The van der Waals surface area contributed by atoms with Crippen molar-refractivity contribution in [3.05, 3.63) is 77.2 Å². The highest BCUT2D eigenvalue weighted by atomic mass is 32.1. The van der Waals surface area contributed by atoms with E-state index in [2.05, 4.69) is 15.5 Å². The molecule has 2 aromatic heterocycles.